The van der Waals surface area contributed by atoms with Gasteiger partial charge in [0.05, 0.1) is 13.7 Å². The molecule has 6 rings (SSSR count). The van der Waals surface area contributed by atoms with Gasteiger partial charge in [0.1, 0.15) is 22.9 Å². The standard InChI is InChI=1S/C36H31ClF2N4O4/c1-46-31-9-8-27(37)19-29(31)30-18-25(23-4-6-24(7-5-23)35(45)43-14-12-36(38,39)13-15-43)16-26-17-28(47-34(26)30)21-42-33(44)11-3-22-2-10-32(40)41-20-22/h2-11,16-20H,12-15,21H2,1H3,(H2,40,41)(H,42,44)/b11-3+. The second kappa shape index (κ2) is 13.3. The van der Waals surface area contributed by atoms with E-state index in [-0.39, 0.29) is 44.3 Å². The molecule has 0 atom stereocenters. The maximum absolute atomic E-state index is 13.6. The van der Waals surface area contributed by atoms with E-state index in [9.17, 15) is 18.4 Å². The molecule has 1 aliphatic heterocycles. The third kappa shape index (κ3) is 7.28. The Morgan fingerprint density at radius 1 is 1.02 bits per heavy atom. The number of hydrogen-bond donors (Lipinski definition) is 2. The van der Waals surface area contributed by atoms with Gasteiger partial charge in [0.15, 0.2) is 0 Å². The smallest absolute Gasteiger partial charge is 0.253 e. The highest BCUT2D eigenvalue weighted by atomic mass is 35.5. The maximum Gasteiger partial charge on any atom is 0.253 e. The normalized spacial score (nSPS) is 14.4. The number of alkyl halides is 2. The van der Waals surface area contributed by atoms with Crippen molar-refractivity contribution in [3.8, 4) is 28.0 Å². The van der Waals surface area contributed by atoms with Crippen molar-refractivity contribution in [2.75, 3.05) is 25.9 Å². The van der Waals surface area contributed by atoms with Gasteiger partial charge in [0.2, 0.25) is 5.91 Å². The van der Waals surface area contributed by atoms with E-state index in [0.29, 0.717) is 39.1 Å². The van der Waals surface area contributed by atoms with Crippen LogP contribution < -0.4 is 15.8 Å². The molecule has 3 N–H and O–H groups in total. The molecule has 47 heavy (non-hydrogen) atoms. The zero-order chi connectivity index (χ0) is 33.1. The van der Waals surface area contributed by atoms with Crippen LogP contribution in [0.3, 0.4) is 0 Å². The van der Waals surface area contributed by atoms with Crippen molar-refractivity contribution < 1.29 is 27.5 Å². The number of likely N-dealkylation sites (tertiary alicyclic amines) is 1. The highest BCUT2D eigenvalue weighted by Crippen LogP contribution is 2.41. The lowest BCUT2D eigenvalue weighted by molar-refractivity contribution is -0.116. The zero-order valence-corrected chi connectivity index (χ0v) is 26.2. The SMILES string of the molecule is COc1ccc(Cl)cc1-c1cc(-c2ccc(C(=O)N3CCC(F)(F)CC3)cc2)cc2cc(CNC(=O)/C=C/c3ccc(N)nc3)oc12. The second-order valence-electron chi connectivity index (χ2n) is 11.3. The van der Waals surface area contributed by atoms with Gasteiger partial charge in [0, 0.05) is 65.3 Å². The van der Waals surface area contributed by atoms with E-state index in [0.717, 1.165) is 27.6 Å². The van der Waals surface area contributed by atoms with Gasteiger partial charge in [-0.3, -0.25) is 9.59 Å². The number of methoxy groups -OCH3 is 1. The Hall–Kier alpha value is -5.22. The molecule has 1 saturated heterocycles. The van der Waals surface area contributed by atoms with Crippen molar-refractivity contribution in [3.63, 3.8) is 0 Å². The summed E-state index contributed by atoms with van der Waals surface area (Å²) in [5, 5.41) is 4.13. The number of nitrogens with zero attached hydrogens (tertiary/aromatic N) is 2. The summed E-state index contributed by atoms with van der Waals surface area (Å²) in [6.07, 6.45) is 3.96. The molecular formula is C36H31ClF2N4O4. The number of furan rings is 1. The summed E-state index contributed by atoms with van der Waals surface area (Å²) in [5.74, 6) is -1.79. The number of carbonyl (C=O) groups excluding carboxylic acids is 2. The number of aromatic nitrogens is 1. The summed E-state index contributed by atoms with van der Waals surface area (Å²) in [5.41, 5.74) is 10.5. The van der Waals surface area contributed by atoms with Crippen molar-refractivity contribution in [2.45, 2.75) is 25.3 Å². The molecule has 11 heteroatoms. The fourth-order valence-electron chi connectivity index (χ4n) is 5.50. The number of hydrogen-bond acceptors (Lipinski definition) is 6. The Bertz CT molecular complexity index is 1960. The largest absolute Gasteiger partial charge is 0.496 e. The molecule has 3 aromatic carbocycles. The van der Waals surface area contributed by atoms with E-state index in [2.05, 4.69) is 10.3 Å². The van der Waals surface area contributed by atoms with Crippen molar-refractivity contribution in [2.24, 2.45) is 0 Å². The summed E-state index contributed by atoms with van der Waals surface area (Å²) >= 11 is 6.40. The molecule has 0 aliphatic carbocycles. The highest BCUT2D eigenvalue weighted by Gasteiger charge is 2.35. The van der Waals surface area contributed by atoms with Crippen molar-refractivity contribution in [3.05, 3.63) is 107 Å². The third-order valence-electron chi connectivity index (χ3n) is 8.04. The second-order valence-corrected chi connectivity index (χ2v) is 11.7. The minimum absolute atomic E-state index is 0.0225. The summed E-state index contributed by atoms with van der Waals surface area (Å²) < 4.78 is 39.2. The van der Waals surface area contributed by atoms with Gasteiger partial charge in [-0.2, -0.15) is 0 Å². The molecule has 0 unspecified atom stereocenters. The van der Waals surface area contributed by atoms with Crippen LogP contribution in [0.15, 0.2) is 89.5 Å². The molecule has 0 bridgehead atoms. The lowest BCUT2D eigenvalue weighted by Crippen LogP contribution is -2.42. The average molecular weight is 657 g/mol. The molecule has 2 aromatic heterocycles. The Morgan fingerprint density at radius 2 is 1.79 bits per heavy atom. The van der Waals surface area contributed by atoms with Crippen LogP contribution in [0.1, 0.15) is 34.5 Å². The summed E-state index contributed by atoms with van der Waals surface area (Å²) in [4.78, 5) is 31.0. The van der Waals surface area contributed by atoms with Crippen molar-refractivity contribution in [1.82, 2.24) is 15.2 Å². The molecule has 1 aliphatic rings. The van der Waals surface area contributed by atoms with Gasteiger partial charge in [-0.25, -0.2) is 13.8 Å². The minimum atomic E-state index is -2.73. The van der Waals surface area contributed by atoms with Crippen LogP contribution in [-0.2, 0) is 11.3 Å². The monoisotopic (exact) mass is 656 g/mol. The Morgan fingerprint density at radius 3 is 2.49 bits per heavy atom. The zero-order valence-electron chi connectivity index (χ0n) is 25.4. The van der Waals surface area contributed by atoms with Gasteiger partial charge < -0.3 is 25.1 Å². The number of piperidine rings is 1. The van der Waals surface area contributed by atoms with Gasteiger partial charge in [-0.05, 0) is 83.4 Å². The van der Waals surface area contributed by atoms with Gasteiger partial charge >= 0.3 is 0 Å². The predicted octanol–water partition coefficient (Wildman–Crippen LogP) is 7.61. The van der Waals surface area contributed by atoms with Crippen molar-refractivity contribution in [1.29, 1.82) is 0 Å². The number of ether oxygens (including phenoxy) is 1. The van der Waals surface area contributed by atoms with Crippen LogP contribution in [0.25, 0.3) is 39.3 Å². The highest BCUT2D eigenvalue weighted by molar-refractivity contribution is 6.31. The van der Waals surface area contributed by atoms with Crippen LogP contribution in [-0.4, -0.2) is 47.8 Å². The number of rotatable bonds is 8. The lowest BCUT2D eigenvalue weighted by atomic mass is 9.95. The number of anilines is 1. The molecule has 2 amide bonds. The van der Waals surface area contributed by atoms with E-state index in [1.165, 1.54) is 11.0 Å². The molecule has 5 aromatic rings. The van der Waals surface area contributed by atoms with E-state index < -0.39 is 5.92 Å². The van der Waals surface area contributed by atoms with E-state index in [4.69, 9.17) is 26.5 Å². The number of benzene rings is 3. The van der Waals surface area contributed by atoms with Crippen molar-refractivity contribution >= 4 is 46.3 Å². The number of pyridine rings is 1. The number of fused-ring (bicyclic) bond motifs is 1. The summed E-state index contributed by atoms with van der Waals surface area (Å²) in [7, 11) is 1.57. The molecule has 0 spiro atoms. The van der Waals surface area contributed by atoms with Crippen LogP contribution in [0.5, 0.6) is 5.75 Å². The molecular weight excluding hydrogens is 626 g/mol. The number of nitrogens with one attached hydrogen (secondary N) is 1. The molecule has 3 heterocycles. The van der Waals surface area contributed by atoms with E-state index in [1.54, 1.807) is 61.8 Å². The lowest BCUT2D eigenvalue weighted by Gasteiger charge is -2.31. The van der Waals surface area contributed by atoms with Gasteiger partial charge in [-0.1, -0.05) is 23.7 Å². The first-order valence-corrected chi connectivity index (χ1v) is 15.3. The van der Waals surface area contributed by atoms with Crippen LogP contribution in [0.4, 0.5) is 14.6 Å². The molecule has 240 valence electrons. The van der Waals surface area contributed by atoms with Crippen LogP contribution in [0.2, 0.25) is 5.02 Å². The summed E-state index contributed by atoms with van der Waals surface area (Å²) in [6.45, 7) is 0.182. The Balaban J connectivity index is 1.29. The van der Waals surface area contributed by atoms with E-state index >= 15 is 0 Å². The van der Waals surface area contributed by atoms with Crippen LogP contribution >= 0.6 is 11.6 Å². The van der Waals surface area contributed by atoms with Gasteiger partial charge in [-0.15, -0.1) is 0 Å². The predicted molar refractivity (Wildman–Crippen MR) is 178 cm³/mol. The molecule has 0 radical (unpaired) electrons. The molecule has 0 saturated carbocycles. The van der Waals surface area contributed by atoms with Gasteiger partial charge in [0.25, 0.3) is 11.8 Å². The molecule has 8 nitrogen and oxygen atoms in total. The first-order valence-electron chi connectivity index (χ1n) is 14.9. The fourth-order valence-corrected chi connectivity index (χ4v) is 5.67. The van der Waals surface area contributed by atoms with E-state index in [1.807, 2.05) is 30.3 Å². The quantitative estimate of drug-likeness (QED) is 0.166. The third-order valence-corrected chi connectivity index (χ3v) is 8.27. The maximum atomic E-state index is 13.6. The number of halogens is 3. The number of amides is 2. The first-order chi connectivity index (χ1) is 22.6. The Kier molecular flexibility index (Phi) is 8.95. The Labute approximate surface area is 274 Å². The number of carbonyl (C=O) groups is 2. The molecule has 1 fully saturated rings. The topological polar surface area (TPSA) is 111 Å². The minimum Gasteiger partial charge on any atom is -0.496 e. The average Bonchev–Trinajstić information content (AvgIpc) is 3.49. The first kappa shape index (κ1) is 31.7. The van der Waals surface area contributed by atoms with Crippen LogP contribution in [0, 0.1) is 0 Å². The summed E-state index contributed by atoms with van der Waals surface area (Å²) in [6, 6.07) is 21.6. The number of nitrogen functional groups attached to an aromatic ring is 1. The number of nitrogens with two attached hydrogens (primary N) is 1. The fraction of sp³-hybridized carbons (Fsp3) is 0.194.